The van der Waals surface area contributed by atoms with Gasteiger partial charge in [-0.3, -0.25) is 14.4 Å². The van der Waals surface area contributed by atoms with Crippen molar-refractivity contribution in [2.45, 2.75) is 6.92 Å². The number of nitrogens with zero attached hydrogens (tertiary/aromatic N) is 4. The van der Waals surface area contributed by atoms with Gasteiger partial charge in [0.25, 0.3) is 17.4 Å². The maximum atomic E-state index is 12.8. The molecule has 4 aromatic rings. The first-order chi connectivity index (χ1) is 15.0. The van der Waals surface area contributed by atoms with Crippen molar-refractivity contribution >= 4 is 23.3 Å². The molecule has 10 heteroatoms. The first-order valence-corrected chi connectivity index (χ1v) is 9.26. The first kappa shape index (κ1) is 19.7. The monoisotopic (exact) mass is 415 g/mol. The molecule has 0 aliphatic heterocycles. The number of hydrogen-bond donors (Lipinski definition) is 3. The van der Waals surface area contributed by atoms with Crippen LogP contribution in [0.25, 0.3) is 5.82 Å². The fourth-order valence-electron chi connectivity index (χ4n) is 2.88. The van der Waals surface area contributed by atoms with Crippen LogP contribution in [0.4, 0.5) is 11.5 Å². The van der Waals surface area contributed by atoms with E-state index in [9.17, 15) is 14.4 Å². The third kappa shape index (κ3) is 4.37. The number of benzene rings is 1. The predicted molar refractivity (Wildman–Crippen MR) is 113 cm³/mol. The van der Waals surface area contributed by atoms with Gasteiger partial charge in [0.15, 0.2) is 5.82 Å². The van der Waals surface area contributed by atoms with Gasteiger partial charge in [0.1, 0.15) is 5.82 Å². The molecule has 0 atom stereocenters. The number of amides is 2. The Kier molecular flexibility index (Phi) is 5.35. The van der Waals surface area contributed by atoms with Crippen LogP contribution in [0, 0.1) is 6.92 Å². The summed E-state index contributed by atoms with van der Waals surface area (Å²) in [6.45, 7) is 1.71. The standard InChI is InChI=1S/C21H17N7O3/c1-13-16(12-23-28(13)18-8-9-19(29)27-26-18)21(31)24-15-6-4-5-14(11-15)20(30)25-17-7-2-3-10-22-17/h2-12H,1H3,(H,24,31)(H,27,29)(H,22,25,30). The number of pyridine rings is 1. The molecule has 0 aliphatic rings. The molecule has 3 N–H and O–H groups in total. The van der Waals surface area contributed by atoms with Crippen molar-refractivity contribution in [1.82, 2.24) is 25.0 Å². The Morgan fingerprint density at radius 3 is 2.61 bits per heavy atom. The van der Waals surface area contributed by atoms with E-state index in [1.54, 1.807) is 55.6 Å². The van der Waals surface area contributed by atoms with Crippen LogP contribution in [0.5, 0.6) is 0 Å². The SMILES string of the molecule is Cc1c(C(=O)Nc2cccc(C(=O)Nc3ccccn3)c2)cnn1-c1ccc(=O)[nH]n1. The molecule has 0 radical (unpaired) electrons. The zero-order valence-corrected chi connectivity index (χ0v) is 16.4. The van der Waals surface area contributed by atoms with E-state index in [0.717, 1.165) is 0 Å². The minimum Gasteiger partial charge on any atom is -0.322 e. The number of aromatic amines is 1. The number of carbonyl (C=O) groups is 2. The van der Waals surface area contributed by atoms with Gasteiger partial charge in [-0.05, 0) is 43.3 Å². The number of aromatic nitrogens is 5. The van der Waals surface area contributed by atoms with Gasteiger partial charge in [-0.25, -0.2) is 14.8 Å². The van der Waals surface area contributed by atoms with Crippen LogP contribution in [-0.4, -0.2) is 36.8 Å². The van der Waals surface area contributed by atoms with Crippen LogP contribution >= 0.6 is 0 Å². The average molecular weight is 415 g/mol. The van der Waals surface area contributed by atoms with Crippen LogP contribution < -0.4 is 16.2 Å². The van der Waals surface area contributed by atoms with Gasteiger partial charge in [-0.2, -0.15) is 10.2 Å². The Balaban J connectivity index is 1.50. The molecule has 0 saturated heterocycles. The molecule has 154 valence electrons. The Hall–Kier alpha value is -4.60. The van der Waals surface area contributed by atoms with Crippen LogP contribution in [0.3, 0.4) is 0 Å². The summed E-state index contributed by atoms with van der Waals surface area (Å²) in [5.74, 6) is 0.0728. The third-order valence-corrected chi connectivity index (χ3v) is 4.42. The van der Waals surface area contributed by atoms with E-state index in [1.807, 2.05) is 0 Å². The van der Waals surface area contributed by atoms with Crippen molar-refractivity contribution in [1.29, 1.82) is 0 Å². The number of H-pyrrole nitrogens is 1. The Morgan fingerprint density at radius 1 is 1.00 bits per heavy atom. The highest BCUT2D eigenvalue weighted by Gasteiger charge is 2.17. The van der Waals surface area contributed by atoms with Gasteiger partial charge < -0.3 is 10.6 Å². The van der Waals surface area contributed by atoms with E-state index in [0.29, 0.717) is 34.1 Å². The molecule has 2 amide bonds. The van der Waals surface area contributed by atoms with E-state index in [2.05, 4.69) is 30.9 Å². The lowest BCUT2D eigenvalue weighted by Gasteiger charge is -2.08. The predicted octanol–water partition coefficient (Wildman–Crippen LogP) is 2.16. The van der Waals surface area contributed by atoms with Crippen molar-refractivity contribution in [2.24, 2.45) is 0 Å². The van der Waals surface area contributed by atoms with Crippen molar-refractivity contribution in [2.75, 3.05) is 10.6 Å². The molecule has 0 unspecified atom stereocenters. The summed E-state index contributed by atoms with van der Waals surface area (Å²) in [5, 5.41) is 15.9. The second-order valence-corrected chi connectivity index (χ2v) is 6.54. The van der Waals surface area contributed by atoms with Gasteiger partial charge in [-0.15, -0.1) is 0 Å². The molecule has 0 spiro atoms. The number of rotatable bonds is 5. The highest BCUT2D eigenvalue weighted by molar-refractivity contribution is 6.07. The molecule has 3 heterocycles. The van der Waals surface area contributed by atoms with Gasteiger partial charge in [0.05, 0.1) is 17.5 Å². The number of hydrogen-bond acceptors (Lipinski definition) is 6. The second kappa shape index (κ2) is 8.41. The van der Waals surface area contributed by atoms with Gasteiger partial charge in [-0.1, -0.05) is 12.1 Å². The van der Waals surface area contributed by atoms with Gasteiger partial charge in [0, 0.05) is 23.5 Å². The molecule has 1 aromatic carbocycles. The van der Waals surface area contributed by atoms with Crippen molar-refractivity contribution in [3.05, 3.63) is 94.2 Å². The maximum Gasteiger partial charge on any atom is 0.264 e. The fourth-order valence-corrected chi connectivity index (χ4v) is 2.88. The maximum absolute atomic E-state index is 12.8. The fraction of sp³-hybridized carbons (Fsp3) is 0.0476. The normalized spacial score (nSPS) is 10.5. The largest absolute Gasteiger partial charge is 0.322 e. The molecule has 0 aliphatic carbocycles. The average Bonchev–Trinajstić information content (AvgIpc) is 3.16. The Labute approximate surface area is 176 Å². The third-order valence-electron chi connectivity index (χ3n) is 4.42. The van der Waals surface area contributed by atoms with E-state index >= 15 is 0 Å². The quantitative estimate of drug-likeness (QED) is 0.457. The number of anilines is 2. The van der Waals surface area contributed by atoms with Crippen LogP contribution in [-0.2, 0) is 0 Å². The molecule has 3 aromatic heterocycles. The van der Waals surface area contributed by atoms with Gasteiger partial charge in [0.2, 0.25) is 0 Å². The summed E-state index contributed by atoms with van der Waals surface area (Å²) < 4.78 is 1.45. The summed E-state index contributed by atoms with van der Waals surface area (Å²) >= 11 is 0. The Morgan fingerprint density at radius 2 is 1.87 bits per heavy atom. The molecule has 31 heavy (non-hydrogen) atoms. The zero-order valence-electron chi connectivity index (χ0n) is 16.4. The Bertz CT molecular complexity index is 1290. The summed E-state index contributed by atoms with van der Waals surface area (Å²) in [6.07, 6.45) is 2.99. The molecule has 0 bridgehead atoms. The van der Waals surface area contributed by atoms with Crippen LogP contribution in [0.1, 0.15) is 26.4 Å². The zero-order chi connectivity index (χ0) is 21.8. The molecule has 10 nitrogen and oxygen atoms in total. The molecule has 0 saturated carbocycles. The van der Waals surface area contributed by atoms with E-state index in [4.69, 9.17) is 0 Å². The van der Waals surface area contributed by atoms with E-state index in [-0.39, 0.29) is 11.5 Å². The number of carbonyl (C=O) groups excluding carboxylic acids is 2. The minimum absolute atomic E-state index is 0.330. The van der Waals surface area contributed by atoms with E-state index < -0.39 is 5.91 Å². The lowest BCUT2D eigenvalue weighted by Crippen LogP contribution is -2.16. The van der Waals surface area contributed by atoms with Gasteiger partial charge >= 0.3 is 0 Å². The number of nitrogens with one attached hydrogen (secondary N) is 3. The first-order valence-electron chi connectivity index (χ1n) is 9.26. The topological polar surface area (TPSA) is 135 Å². The summed E-state index contributed by atoms with van der Waals surface area (Å²) in [6, 6.07) is 14.6. The van der Waals surface area contributed by atoms with E-state index in [1.165, 1.54) is 23.0 Å². The van der Waals surface area contributed by atoms with Crippen molar-refractivity contribution in [3.63, 3.8) is 0 Å². The highest BCUT2D eigenvalue weighted by Crippen LogP contribution is 2.16. The molecule has 0 fully saturated rings. The molecule has 4 rings (SSSR count). The van der Waals surface area contributed by atoms with Crippen molar-refractivity contribution in [3.8, 4) is 5.82 Å². The van der Waals surface area contributed by atoms with Crippen molar-refractivity contribution < 1.29 is 9.59 Å². The minimum atomic E-state index is -0.393. The molecular weight excluding hydrogens is 398 g/mol. The lowest BCUT2D eigenvalue weighted by molar-refractivity contribution is 0.101. The highest BCUT2D eigenvalue weighted by atomic mass is 16.2. The summed E-state index contributed by atoms with van der Waals surface area (Å²) in [7, 11) is 0. The smallest absolute Gasteiger partial charge is 0.264 e. The van der Waals surface area contributed by atoms with Crippen LogP contribution in [0.15, 0.2) is 71.8 Å². The second-order valence-electron chi connectivity index (χ2n) is 6.54. The molecular formula is C21H17N7O3. The lowest BCUT2D eigenvalue weighted by atomic mass is 10.1. The summed E-state index contributed by atoms with van der Waals surface area (Å²) in [4.78, 5) is 40.5. The summed E-state index contributed by atoms with van der Waals surface area (Å²) in [5.41, 5.74) is 1.36. The van der Waals surface area contributed by atoms with Crippen LogP contribution in [0.2, 0.25) is 0 Å².